The van der Waals surface area contributed by atoms with E-state index >= 15 is 0 Å². The highest BCUT2D eigenvalue weighted by Gasteiger charge is 2.14. The van der Waals surface area contributed by atoms with Crippen LogP contribution in [0, 0.1) is 0 Å². The molecule has 21 heavy (non-hydrogen) atoms. The third-order valence-corrected chi connectivity index (χ3v) is 3.68. The summed E-state index contributed by atoms with van der Waals surface area (Å²) in [6.07, 6.45) is 0. The first-order valence-electron chi connectivity index (χ1n) is 6.40. The van der Waals surface area contributed by atoms with Crippen molar-refractivity contribution in [2.24, 2.45) is 0 Å². The van der Waals surface area contributed by atoms with E-state index in [1.807, 2.05) is 6.92 Å². The van der Waals surface area contributed by atoms with Crippen LogP contribution in [0.15, 0.2) is 42.5 Å². The molecule has 2 rings (SSSR count). The maximum Gasteiger partial charge on any atom is 0.326 e. The normalized spacial score (nSPS) is 10.2. The van der Waals surface area contributed by atoms with Crippen LogP contribution in [0.25, 0.3) is 0 Å². The monoisotopic (exact) mass is 323 g/mol. The van der Waals surface area contributed by atoms with Crippen LogP contribution < -0.4 is 16.0 Å². The maximum atomic E-state index is 12.3. The summed E-state index contributed by atoms with van der Waals surface area (Å²) in [6, 6.07) is 11.8. The molecule has 0 aromatic heterocycles. The number of benzene rings is 2. The predicted octanol–water partition coefficient (Wildman–Crippen LogP) is 4.63. The summed E-state index contributed by atoms with van der Waals surface area (Å²) in [4.78, 5) is 13.9. The molecule has 4 nitrogen and oxygen atoms in total. The van der Waals surface area contributed by atoms with Gasteiger partial charge in [0.05, 0.1) is 10.0 Å². The number of carbonyl (C=O) groups is 1. The number of halogens is 2. The number of nitrogens with two attached hydrogens (primary N) is 1. The van der Waals surface area contributed by atoms with Crippen molar-refractivity contribution in [2.75, 3.05) is 22.5 Å². The Bertz CT molecular complexity index is 644. The Balaban J connectivity index is 2.16. The summed E-state index contributed by atoms with van der Waals surface area (Å²) in [7, 11) is 0. The molecule has 0 atom stereocenters. The van der Waals surface area contributed by atoms with Gasteiger partial charge in [0, 0.05) is 23.6 Å². The van der Waals surface area contributed by atoms with Gasteiger partial charge in [0.1, 0.15) is 0 Å². The number of carbonyl (C=O) groups excluding carboxylic acids is 1. The van der Waals surface area contributed by atoms with Crippen LogP contribution in [0.4, 0.5) is 21.9 Å². The number of urea groups is 1. The maximum absolute atomic E-state index is 12.3. The molecule has 0 fully saturated rings. The van der Waals surface area contributed by atoms with E-state index in [0.29, 0.717) is 28.0 Å². The fraction of sp³-hybridized carbons (Fsp3) is 0.133. The Kier molecular flexibility index (Phi) is 4.94. The van der Waals surface area contributed by atoms with E-state index in [1.165, 1.54) is 0 Å². The predicted molar refractivity (Wildman–Crippen MR) is 89.4 cm³/mol. The van der Waals surface area contributed by atoms with Gasteiger partial charge in [-0.2, -0.15) is 0 Å². The molecule has 2 aromatic rings. The minimum Gasteiger partial charge on any atom is -0.399 e. The van der Waals surface area contributed by atoms with Crippen molar-refractivity contribution in [3.63, 3.8) is 0 Å². The van der Waals surface area contributed by atoms with Crippen molar-refractivity contribution < 1.29 is 4.79 Å². The van der Waals surface area contributed by atoms with E-state index in [-0.39, 0.29) is 6.03 Å². The Labute approximate surface area is 133 Å². The zero-order valence-electron chi connectivity index (χ0n) is 11.4. The van der Waals surface area contributed by atoms with Crippen LogP contribution in [0.2, 0.25) is 10.0 Å². The highest BCUT2D eigenvalue weighted by molar-refractivity contribution is 6.42. The molecular weight excluding hydrogens is 309 g/mol. The zero-order chi connectivity index (χ0) is 15.4. The lowest BCUT2D eigenvalue weighted by atomic mass is 10.2. The summed E-state index contributed by atoms with van der Waals surface area (Å²) in [5.74, 6) is 0. The lowest BCUT2D eigenvalue weighted by molar-refractivity contribution is 0.257. The van der Waals surface area contributed by atoms with E-state index < -0.39 is 0 Å². The van der Waals surface area contributed by atoms with Gasteiger partial charge in [-0.3, -0.25) is 4.90 Å². The van der Waals surface area contributed by atoms with Crippen molar-refractivity contribution in [3.8, 4) is 0 Å². The van der Waals surface area contributed by atoms with E-state index in [2.05, 4.69) is 5.32 Å². The molecule has 0 aliphatic carbocycles. The number of nitrogens with one attached hydrogen (secondary N) is 1. The molecule has 6 heteroatoms. The molecule has 0 spiro atoms. The first-order valence-corrected chi connectivity index (χ1v) is 7.16. The molecule has 0 aliphatic rings. The molecule has 0 bridgehead atoms. The number of rotatable bonds is 3. The third-order valence-electron chi connectivity index (χ3n) is 2.94. The summed E-state index contributed by atoms with van der Waals surface area (Å²) in [5, 5.41) is 3.63. The molecule has 0 radical (unpaired) electrons. The Hall–Kier alpha value is -1.91. The second-order valence-corrected chi connectivity index (χ2v) is 5.21. The van der Waals surface area contributed by atoms with Gasteiger partial charge in [0.25, 0.3) is 0 Å². The minimum atomic E-state index is -0.249. The van der Waals surface area contributed by atoms with Crippen molar-refractivity contribution in [1.29, 1.82) is 0 Å². The van der Waals surface area contributed by atoms with Gasteiger partial charge in [-0.1, -0.05) is 23.2 Å². The molecule has 2 aromatic carbocycles. The summed E-state index contributed by atoms with van der Waals surface area (Å²) in [6.45, 7) is 2.42. The molecular formula is C15H15Cl2N3O. The van der Waals surface area contributed by atoms with Crippen LogP contribution in [0.3, 0.4) is 0 Å². The standard InChI is InChI=1S/C15H15Cl2N3O/c1-2-20(12-6-3-10(18)4-7-12)15(21)19-11-5-8-13(16)14(17)9-11/h3-9H,2,18H2,1H3,(H,19,21). The lowest BCUT2D eigenvalue weighted by Gasteiger charge is -2.21. The van der Waals surface area contributed by atoms with Crippen LogP contribution >= 0.6 is 23.2 Å². The topological polar surface area (TPSA) is 58.4 Å². The Morgan fingerprint density at radius 3 is 2.38 bits per heavy atom. The van der Waals surface area contributed by atoms with Crippen LogP contribution in [-0.4, -0.2) is 12.6 Å². The summed E-state index contributed by atoms with van der Waals surface area (Å²) >= 11 is 11.8. The van der Waals surface area contributed by atoms with Gasteiger partial charge in [-0.05, 0) is 49.4 Å². The molecule has 3 N–H and O–H groups in total. The van der Waals surface area contributed by atoms with E-state index in [1.54, 1.807) is 47.4 Å². The smallest absolute Gasteiger partial charge is 0.326 e. The lowest BCUT2D eigenvalue weighted by Crippen LogP contribution is -2.34. The quantitative estimate of drug-likeness (QED) is 0.809. The van der Waals surface area contributed by atoms with Crippen molar-refractivity contribution in [1.82, 2.24) is 0 Å². The molecule has 0 saturated carbocycles. The summed E-state index contributed by atoms with van der Waals surface area (Å²) in [5.41, 5.74) is 7.66. The third kappa shape index (κ3) is 3.80. The number of hydrogen-bond donors (Lipinski definition) is 2. The number of hydrogen-bond acceptors (Lipinski definition) is 2. The number of nitrogens with zero attached hydrogens (tertiary/aromatic N) is 1. The fourth-order valence-electron chi connectivity index (χ4n) is 1.86. The molecule has 2 amide bonds. The highest BCUT2D eigenvalue weighted by Crippen LogP contribution is 2.25. The molecule has 0 saturated heterocycles. The van der Waals surface area contributed by atoms with Gasteiger partial charge >= 0.3 is 6.03 Å². The Morgan fingerprint density at radius 1 is 1.14 bits per heavy atom. The van der Waals surface area contributed by atoms with Crippen molar-refractivity contribution in [3.05, 3.63) is 52.5 Å². The van der Waals surface area contributed by atoms with Crippen LogP contribution in [-0.2, 0) is 0 Å². The number of anilines is 3. The van der Waals surface area contributed by atoms with E-state index in [9.17, 15) is 4.79 Å². The van der Waals surface area contributed by atoms with Crippen LogP contribution in [0.5, 0.6) is 0 Å². The molecule has 0 heterocycles. The largest absolute Gasteiger partial charge is 0.399 e. The average molecular weight is 324 g/mol. The zero-order valence-corrected chi connectivity index (χ0v) is 12.9. The van der Waals surface area contributed by atoms with Gasteiger partial charge in [0.2, 0.25) is 0 Å². The molecule has 0 aliphatic heterocycles. The SMILES string of the molecule is CCN(C(=O)Nc1ccc(Cl)c(Cl)c1)c1ccc(N)cc1. The highest BCUT2D eigenvalue weighted by atomic mass is 35.5. The van der Waals surface area contributed by atoms with Gasteiger partial charge in [0.15, 0.2) is 0 Å². The first kappa shape index (κ1) is 15.5. The number of nitrogen functional groups attached to an aromatic ring is 1. The second kappa shape index (κ2) is 6.70. The van der Waals surface area contributed by atoms with E-state index in [0.717, 1.165) is 5.69 Å². The van der Waals surface area contributed by atoms with E-state index in [4.69, 9.17) is 28.9 Å². The average Bonchev–Trinajstić information content (AvgIpc) is 2.46. The Morgan fingerprint density at radius 2 is 1.81 bits per heavy atom. The van der Waals surface area contributed by atoms with Crippen LogP contribution in [0.1, 0.15) is 6.92 Å². The first-order chi connectivity index (χ1) is 10.0. The summed E-state index contributed by atoms with van der Waals surface area (Å²) < 4.78 is 0. The fourth-order valence-corrected chi connectivity index (χ4v) is 2.16. The van der Waals surface area contributed by atoms with Gasteiger partial charge in [-0.25, -0.2) is 4.79 Å². The number of amides is 2. The van der Waals surface area contributed by atoms with Gasteiger partial charge < -0.3 is 11.1 Å². The van der Waals surface area contributed by atoms with Crippen molar-refractivity contribution in [2.45, 2.75) is 6.92 Å². The van der Waals surface area contributed by atoms with Gasteiger partial charge in [-0.15, -0.1) is 0 Å². The van der Waals surface area contributed by atoms with Crippen molar-refractivity contribution >= 4 is 46.3 Å². The second-order valence-electron chi connectivity index (χ2n) is 4.39. The molecule has 110 valence electrons. The minimum absolute atomic E-state index is 0.249. The molecule has 0 unspecified atom stereocenters.